The normalized spacial score (nSPS) is 18.5. The van der Waals surface area contributed by atoms with E-state index >= 15 is 0 Å². The fraction of sp³-hybridized carbons (Fsp3) is 0.333. The third-order valence-corrected chi connectivity index (χ3v) is 4.48. The molecule has 5 nitrogen and oxygen atoms in total. The summed E-state index contributed by atoms with van der Waals surface area (Å²) < 4.78 is 1.63. The number of benzene rings is 1. The van der Waals surface area contributed by atoms with Gasteiger partial charge in [0.05, 0.1) is 15.7 Å². The van der Waals surface area contributed by atoms with Crippen LogP contribution in [-0.2, 0) is 0 Å². The average molecular weight is 339 g/mol. The molecule has 1 aromatic heterocycles. The van der Waals surface area contributed by atoms with E-state index in [1.807, 2.05) is 17.9 Å². The number of carbonyl (C=O) groups excluding carboxylic acids is 1. The molecule has 1 aliphatic heterocycles. The second-order valence-corrected chi connectivity index (χ2v) is 6.11. The number of carbonyl (C=O) groups is 1. The van der Waals surface area contributed by atoms with Gasteiger partial charge in [0, 0.05) is 31.9 Å². The molecule has 22 heavy (non-hydrogen) atoms. The highest BCUT2D eigenvalue weighted by atomic mass is 35.5. The zero-order valence-corrected chi connectivity index (χ0v) is 13.6. The number of halogens is 2. The number of nitrogens with one attached hydrogen (secondary N) is 1. The van der Waals surface area contributed by atoms with Crippen LogP contribution in [-0.4, -0.2) is 46.3 Å². The van der Waals surface area contributed by atoms with Crippen LogP contribution in [0.1, 0.15) is 17.4 Å². The number of aromatic nitrogens is 2. The molecule has 1 atom stereocenters. The van der Waals surface area contributed by atoms with Gasteiger partial charge in [0.25, 0.3) is 5.91 Å². The van der Waals surface area contributed by atoms with Crippen LogP contribution in [0.3, 0.4) is 0 Å². The van der Waals surface area contributed by atoms with Crippen LogP contribution in [0.2, 0.25) is 10.0 Å². The van der Waals surface area contributed by atoms with Crippen LogP contribution in [0, 0.1) is 0 Å². The smallest absolute Gasteiger partial charge is 0.274 e. The lowest BCUT2D eigenvalue weighted by Crippen LogP contribution is -2.52. The van der Waals surface area contributed by atoms with Gasteiger partial charge in [-0.1, -0.05) is 23.2 Å². The zero-order chi connectivity index (χ0) is 15.7. The van der Waals surface area contributed by atoms with Gasteiger partial charge in [0.2, 0.25) is 0 Å². The van der Waals surface area contributed by atoms with E-state index < -0.39 is 0 Å². The molecule has 0 spiro atoms. The highest BCUT2D eigenvalue weighted by Gasteiger charge is 2.25. The molecule has 1 aliphatic rings. The number of piperazine rings is 1. The molecule has 1 N–H and O–H groups in total. The Kier molecular flexibility index (Phi) is 4.38. The Morgan fingerprint density at radius 1 is 1.32 bits per heavy atom. The molecule has 116 valence electrons. The highest BCUT2D eigenvalue weighted by Crippen LogP contribution is 2.24. The summed E-state index contributed by atoms with van der Waals surface area (Å²) in [4.78, 5) is 14.4. The molecule has 3 rings (SSSR count). The van der Waals surface area contributed by atoms with Gasteiger partial charge < -0.3 is 10.2 Å². The predicted octanol–water partition coefficient (Wildman–Crippen LogP) is 2.61. The third kappa shape index (κ3) is 2.97. The molecule has 1 aromatic carbocycles. The third-order valence-electron chi connectivity index (χ3n) is 3.74. The van der Waals surface area contributed by atoms with Crippen LogP contribution < -0.4 is 5.32 Å². The lowest BCUT2D eigenvalue weighted by molar-refractivity contribution is 0.0649. The van der Waals surface area contributed by atoms with Crippen molar-refractivity contribution in [2.45, 2.75) is 13.0 Å². The molecular formula is C15H16Cl2N4O. The molecule has 1 amide bonds. The number of nitrogens with zero attached hydrogens (tertiary/aromatic N) is 3. The monoisotopic (exact) mass is 338 g/mol. The summed E-state index contributed by atoms with van der Waals surface area (Å²) >= 11 is 11.9. The van der Waals surface area contributed by atoms with E-state index in [0.717, 1.165) is 18.8 Å². The van der Waals surface area contributed by atoms with E-state index in [2.05, 4.69) is 10.4 Å². The minimum absolute atomic E-state index is 0.0483. The summed E-state index contributed by atoms with van der Waals surface area (Å²) in [6, 6.07) is 7.12. The number of hydrogen-bond donors (Lipinski definition) is 1. The summed E-state index contributed by atoms with van der Waals surface area (Å²) in [7, 11) is 0. The molecule has 7 heteroatoms. The Hall–Kier alpha value is -1.56. The Labute approximate surface area is 138 Å². The fourth-order valence-corrected chi connectivity index (χ4v) is 2.79. The summed E-state index contributed by atoms with van der Waals surface area (Å²) in [5.41, 5.74) is 1.20. The van der Waals surface area contributed by atoms with Crippen molar-refractivity contribution in [3.05, 3.63) is 46.2 Å². The Balaban J connectivity index is 1.83. The van der Waals surface area contributed by atoms with Crippen molar-refractivity contribution in [2.75, 3.05) is 19.6 Å². The lowest BCUT2D eigenvalue weighted by Gasteiger charge is -2.33. The molecule has 2 heterocycles. The Bertz CT molecular complexity index is 701. The molecule has 1 fully saturated rings. The van der Waals surface area contributed by atoms with Crippen molar-refractivity contribution < 1.29 is 4.79 Å². The van der Waals surface area contributed by atoms with Gasteiger partial charge in [-0.05, 0) is 31.2 Å². The first-order valence-electron chi connectivity index (χ1n) is 7.09. The first-order valence-corrected chi connectivity index (χ1v) is 7.84. The van der Waals surface area contributed by atoms with E-state index in [9.17, 15) is 4.79 Å². The van der Waals surface area contributed by atoms with Crippen LogP contribution in [0.25, 0.3) is 5.69 Å². The molecule has 1 saturated heterocycles. The van der Waals surface area contributed by atoms with Crippen LogP contribution >= 0.6 is 23.2 Å². The number of rotatable bonds is 2. The Morgan fingerprint density at radius 3 is 2.86 bits per heavy atom. The van der Waals surface area contributed by atoms with Crippen LogP contribution in [0.4, 0.5) is 0 Å². The number of amides is 1. The van der Waals surface area contributed by atoms with Gasteiger partial charge >= 0.3 is 0 Å². The van der Waals surface area contributed by atoms with Gasteiger partial charge in [-0.15, -0.1) is 0 Å². The minimum Gasteiger partial charge on any atom is -0.332 e. The first-order chi connectivity index (χ1) is 10.6. The molecular weight excluding hydrogens is 323 g/mol. The van der Waals surface area contributed by atoms with Crippen molar-refractivity contribution in [1.82, 2.24) is 20.0 Å². The van der Waals surface area contributed by atoms with Crippen molar-refractivity contribution in [3.63, 3.8) is 0 Å². The summed E-state index contributed by atoms with van der Waals surface area (Å²) in [6.45, 7) is 4.34. The lowest BCUT2D eigenvalue weighted by atomic mass is 10.2. The van der Waals surface area contributed by atoms with Crippen molar-refractivity contribution in [3.8, 4) is 5.69 Å². The van der Waals surface area contributed by atoms with Gasteiger partial charge in [0.1, 0.15) is 0 Å². The fourth-order valence-electron chi connectivity index (χ4n) is 2.50. The van der Waals surface area contributed by atoms with E-state index in [0.29, 0.717) is 22.3 Å². The van der Waals surface area contributed by atoms with Crippen molar-refractivity contribution in [1.29, 1.82) is 0 Å². The predicted molar refractivity (Wildman–Crippen MR) is 87.0 cm³/mol. The SMILES string of the molecule is C[C@H]1CNCCN1C(=O)c1ccn(-c2ccc(Cl)c(Cl)c2)n1. The highest BCUT2D eigenvalue weighted by molar-refractivity contribution is 6.42. The standard InChI is InChI=1S/C15H16Cl2N4O/c1-10-9-18-5-7-20(10)15(22)14-4-6-21(19-14)11-2-3-12(16)13(17)8-11/h2-4,6,8,10,18H,5,7,9H2,1H3/t10-/m0/s1. The van der Waals surface area contributed by atoms with Crippen LogP contribution in [0.5, 0.6) is 0 Å². The molecule has 0 radical (unpaired) electrons. The number of hydrogen-bond acceptors (Lipinski definition) is 3. The van der Waals surface area contributed by atoms with E-state index in [1.165, 1.54) is 0 Å². The van der Waals surface area contributed by atoms with E-state index in [4.69, 9.17) is 23.2 Å². The molecule has 2 aromatic rings. The van der Waals surface area contributed by atoms with Crippen molar-refractivity contribution in [2.24, 2.45) is 0 Å². The maximum atomic E-state index is 12.6. The first kappa shape index (κ1) is 15.3. The summed E-state index contributed by atoms with van der Waals surface area (Å²) in [6.07, 6.45) is 1.75. The van der Waals surface area contributed by atoms with Crippen molar-refractivity contribution >= 4 is 29.1 Å². The van der Waals surface area contributed by atoms with Gasteiger partial charge in [-0.2, -0.15) is 5.10 Å². The second kappa shape index (κ2) is 6.28. The second-order valence-electron chi connectivity index (χ2n) is 5.30. The van der Waals surface area contributed by atoms with E-state index in [-0.39, 0.29) is 11.9 Å². The van der Waals surface area contributed by atoms with Crippen LogP contribution in [0.15, 0.2) is 30.5 Å². The summed E-state index contributed by atoms with van der Waals surface area (Å²) in [5, 5.41) is 8.58. The Morgan fingerprint density at radius 2 is 2.14 bits per heavy atom. The minimum atomic E-state index is -0.0483. The summed E-state index contributed by atoms with van der Waals surface area (Å²) in [5.74, 6) is -0.0483. The average Bonchev–Trinajstić information content (AvgIpc) is 3.00. The largest absolute Gasteiger partial charge is 0.332 e. The van der Waals surface area contributed by atoms with Gasteiger partial charge in [-0.3, -0.25) is 4.79 Å². The maximum absolute atomic E-state index is 12.6. The molecule has 0 aliphatic carbocycles. The quantitative estimate of drug-likeness (QED) is 0.915. The van der Waals surface area contributed by atoms with E-state index in [1.54, 1.807) is 29.1 Å². The maximum Gasteiger partial charge on any atom is 0.274 e. The van der Waals surface area contributed by atoms with Gasteiger partial charge in [0.15, 0.2) is 5.69 Å². The molecule has 0 unspecified atom stereocenters. The molecule has 0 bridgehead atoms. The topological polar surface area (TPSA) is 50.2 Å². The van der Waals surface area contributed by atoms with Gasteiger partial charge in [-0.25, -0.2) is 4.68 Å². The molecule has 0 saturated carbocycles. The zero-order valence-electron chi connectivity index (χ0n) is 12.1.